The van der Waals surface area contributed by atoms with Crippen LogP contribution < -0.4 is 27.8 Å². The number of aromatic nitrogens is 2. The van der Waals surface area contributed by atoms with Crippen molar-refractivity contribution < 1.29 is 19.5 Å². The van der Waals surface area contributed by atoms with E-state index in [4.69, 9.17) is 22.3 Å². The fourth-order valence-corrected chi connectivity index (χ4v) is 2.93. The van der Waals surface area contributed by atoms with Gasteiger partial charge in [-0.05, 0) is 27.7 Å². The van der Waals surface area contributed by atoms with E-state index in [0.29, 0.717) is 5.69 Å². The monoisotopic (exact) mass is 397 g/mol. The molecule has 28 heavy (non-hydrogen) atoms. The molecule has 1 rings (SSSR count). The minimum atomic E-state index is -1.37. The van der Waals surface area contributed by atoms with Gasteiger partial charge < -0.3 is 37.9 Å². The van der Waals surface area contributed by atoms with E-state index < -0.39 is 53.4 Å². The summed E-state index contributed by atoms with van der Waals surface area (Å²) in [4.78, 5) is 42.8. The zero-order chi connectivity index (χ0) is 21.7. The van der Waals surface area contributed by atoms with Gasteiger partial charge in [-0.2, -0.15) is 0 Å². The number of imidazole rings is 1. The molecule has 0 bridgehead atoms. The summed E-state index contributed by atoms with van der Waals surface area (Å²) in [5.74, 6) is -2.48. The molecule has 0 aliphatic carbocycles. The van der Waals surface area contributed by atoms with Crippen molar-refractivity contribution in [2.75, 3.05) is 0 Å². The number of hydrogen-bond acceptors (Lipinski definition) is 7. The highest BCUT2D eigenvalue weighted by atomic mass is 16.4. The lowest BCUT2D eigenvalue weighted by molar-refractivity contribution is -0.140. The van der Waals surface area contributed by atoms with Crippen molar-refractivity contribution in [1.82, 2.24) is 20.6 Å². The average Bonchev–Trinajstić information content (AvgIpc) is 3.02. The molecule has 158 valence electrons. The van der Waals surface area contributed by atoms with E-state index >= 15 is 0 Å². The number of aromatic amines is 1. The van der Waals surface area contributed by atoms with Crippen LogP contribution in [0, 0.1) is 0 Å². The maximum Gasteiger partial charge on any atom is 0.321 e. The van der Waals surface area contributed by atoms with Gasteiger partial charge in [-0.25, -0.2) is 4.98 Å². The molecular weight excluding hydrogens is 366 g/mol. The van der Waals surface area contributed by atoms with Gasteiger partial charge in [0, 0.05) is 23.7 Å². The standard InChI is InChI=1S/C17H31N7O4/c1-16(2,19)15(17(3,4)20)24-13(26)11(5-9-7-21-8-22-9)23-12(25)6-10(18)14(27)28/h7-8,10-11,15H,5-6,18-20H2,1-4H3,(H,21,22)(H,23,25)(H,24,26)(H,27,28)/t10-,11-/m0/s1. The van der Waals surface area contributed by atoms with Crippen LogP contribution in [0.15, 0.2) is 12.5 Å². The molecule has 0 radical (unpaired) electrons. The van der Waals surface area contributed by atoms with E-state index in [2.05, 4.69) is 20.6 Å². The number of aliphatic carboxylic acids is 1. The molecule has 0 saturated heterocycles. The summed E-state index contributed by atoms with van der Waals surface area (Å²) in [6.07, 6.45) is 2.66. The number of carbonyl (C=O) groups excluding carboxylic acids is 2. The molecule has 2 atom stereocenters. The van der Waals surface area contributed by atoms with Crippen LogP contribution >= 0.6 is 0 Å². The summed E-state index contributed by atoms with van der Waals surface area (Å²) in [6, 6.07) is -2.98. The van der Waals surface area contributed by atoms with E-state index in [0.717, 1.165) is 0 Å². The summed E-state index contributed by atoms with van der Waals surface area (Å²) in [6.45, 7) is 6.94. The number of nitrogens with two attached hydrogens (primary N) is 3. The van der Waals surface area contributed by atoms with Crippen LogP contribution in [0.5, 0.6) is 0 Å². The number of nitrogens with zero attached hydrogens (tertiary/aromatic N) is 1. The van der Waals surface area contributed by atoms with Crippen LogP contribution in [0.2, 0.25) is 0 Å². The maximum atomic E-state index is 12.9. The molecule has 1 heterocycles. The van der Waals surface area contributed by atoms with Gasteiger partial charge in [0.15, 0.2) is 0 Å². The lowest BCUT2D eigenvalue weighted by Crippen LogP contribution is -2.68. The highest BCUT2D eigenvalue weighted by Crippen LogP contribution is 2.17. The van der Waals surface area contributed by atoms with Crippen LogP contribution in [0.3, 0.4) is 0 Å². The topological polar surface area (TPSA) is 202 Å². The molecule has 0 fully saturated rings. The first kappa shape index (κ1) is 23.5. The van der Waals surface area contributed by atoms with E-state index in [-0.39, 0.29) is 6.42 Å². The number of H-pyrrole nitrogens is 1. The van der Waals surface area contributed by atoms with Crippen LogP contribution in [0.4, 0.5) is 0 Å². The van der Waals surface area contributed by atoms with Gasteiger partial charge in [0.1, 0.15) is 12.1 Å². The molecule has 0 spiro atoms. The Morgan fingerprint density at radius 1 is 1.18 bits per heavy atom. The van der Waals surface area contributed by atoms with Gasteiger partial charge in [0.25, 0.3) is 0 Å². The lowest BCUT2D eigenvalue weighted by Gasteiger charge is -2.41. The Morgan fingerprint density at radius 2 is 1.75 bits per heavy atom. The first-order chi connectivity index (χ1) is 12.7. The predicted molar refractivity (Wildman–Crippen MR) is 103 cm³/mol. The van der Waals surface area contributed by atoms with E-state index in [1.165, 1.54) is 6.33 Å². The predicted octanol–water partition coefficient (Wildman–Crippen LogP) is -1.80. The second kappa shape index (κ2) is 9.13. The Labute approximate surface area is 163 Å². The van der Waals surface area contributed by atoms with Crippen molar-refractivity contribution in [3.63, 3.8) is 0 Å². The van der Waals surface area contributed by atoms with Gasteiger partial charge in [0.2, 0.25) is 11.8 Å². The second-order valence-corrected chi connectivity index (χ2v) is 8.12. The number of hydrogen-bond donors (Lipinski definition) is 7. The van der Waals surface area contributed by atoms with Crippen molar-refractivity contribution in [2.24, 2.45) is 17.2 Å². The molecule has 10 N–H and O–H groups in total. The van der Waals surface area contributed by atoms with E-state index in [1.807, 2.05) is 0 Å². The Hall–Kier alpha value is -2.50. The SMILES string of the molecule is CC(C)(N)C(NC(=O)[C@H](Cc1c[nH]cn1)NC(=O)C[C@H](N)C(=O)O)C(C)(C)N. The number of carboxylic acid groups (broad SMARTS) is 1. The van der Waals surface area contributed by atoms with E-state index in [9.17, 15) is 14.4 Å². The van der Waals surface area contributed by atoms with Crippen molar-refractivity contribution in [2.45, 2.75) is 69.7 Å². The van der Waals surface area contributed by atoms with Gasteiger partial charge >= 0.3 is 5.97 Å². The summed E-state index contributed by atoms with van der Waals surface area (Å²) in [7, 11) is 0. The minimum absolute atomic E-state index is 0.0894. The smallest absolute Gasteiger partial charge is 0.321 e. The lowest BCUT2D eigenvalue weighted by atomic mass is 9.82. The third-order valence-corrected chi connectivity index (χ3v) is 4.12. The molecule has 0 aliphatic rings. The Balaban J connectivity index is 2.98. The fourth-order valence-electron chi connectivity index (χ4n) is 2.93. The molecule has 11 heteroatoms. The third kappa shape index (κ3) is 7.25. The van der Waals surface area contributed by atoms with Gasteiger partial charge in [-0.3, -0.25) is 14.4 Å². The number of nitrogens with one attached hydrogen (secondary N) is 3. The number of carbonyl (C=O) groups is 3. The Bertz CT molecular complexity index is 663. The summed E-state index contributed by atoms with van der Waals surface area (Å²) in [5, 5.41) is 14.2. The molecular formula is C17H31N7O4. The van der Waals surface area contributed by atoms with Crippen molar-refractivity contribution >= 4 is 17.8 Å². The molecule has 1 aromatic heterocycles. The quantitative estimate of drug-likeness (QED) is 0.239. The molecule has 0 unspecified atom stereocenters. The highest BCUT2D eigenvalue weighted by Gasteiger charge is 2.38. The van der Waals surface area contributed by atoms with Crippen molar-refractivity contribution in [1.29, 1.82) is 0 Å². The first-order valence-electron chi connectivity index (χ1n) is 8.85. The highest BCUT2D eigenvalue weighted by molar-refractivity contribution is 5.90. The molecule has 11 nitrogen and oxygen atoms in total. The molecule has 0 aromatic carbocycles. The normalized spacial score (nSPS) is 14.4. The van der Waals surface area contributed by atoms with Crippen LogP contribution in [-0.2, 0) is 20.8 Å². The Morgan fingerprint density at radius 3 is 2.18 bits per heavy atom. The van der Waals surface area contributed by atoms with Crippen LogP contribution in [-0.4, -0.2) is 62.1 Å². The Kier molecular flexibility index (Phi) is 7.67. The van der Waals surface area contributed by atoms with Crippen LogP contribution in [0.1, 0.15) is 39.8 Å². The molecule has 0 aliphatic heterocycles. The van der Waals surface area contributed by atoms with Crippen molar-refractivity contribution in [3.8, 4) is 0 Å². The minimum Gasteiger partial charge on any atom is -0.480 e. The fraction of sp³-hybridized carbons (Fsp3) is 0.647. The number of carboxylic acids is 1. The van der Waals surface area contributed by atoms with Gasteiger partial charge in [-0.15, -0.1) is 0 Å². The summed E-state index contributed by atoms with van der Waals surface area (Å²) >= 11 is 0. The van der Waals surface area contributed by atoms with E-state index in [1.54, 1.807) is 33.9 Å². The number of amides is 2. The largest absolute Gasteiger partial charge is 0.480 e. The summed E-state index contributed by atoms with van der Waals surface area (Å²) < 4.78 is 0. The molecule has 2 amide bonds. The average molecular weight is 397 g/mol. The first-order valence-corrected chi connectivity index (χ1v) is 8.85. The van der Waals surface area contributed by atoms with Crippen LogP contribution in [0.25, 0.3) is 0 Å². The molecule has 1 aromatic rings. The zero-order valence-electron chi connectivity index (χ0n) is 16.7. The number of rotatable bonds is 10. The van der Waals surface area contributed by atoms with Gasteiger partial charge in [0.05, 0.1) is 24.5 Å². The van der Waals surface area contributed by atoms with Crippen molar-refractivity contribution in [3.05, 3.63) is 18.2 Å². The zero-order valence-corrected chi connectivity index (χ0v) is 16.7. The second-order valence-electron chi connectivity index (χ2n) is 8.12. The maximum absolute atomic E-state index is 12.9. The molecule has 0 saturated carbocycles. The third-order valence-electron chi connectivity index (χ3n) is 4.12. The summed E-state index contributed by atoms with van der Waals surface area (Å²) in [5.41, 5.74) is 16.6. The van der Waals surface area contributed by atoms with Gasteiger partial charge in [-0.1, -0.05) is 0 Å².